The summed E-state index contributed by atoms with van der Waals surface area (Å²) in [6.45, 7) is 3.27. The number of amides is 3. The zero-order chi connectivity index (χ0) is 21.6. The molecule has 4 rings (SSSR count). The van der Waals surface area contributed by atoms with Crippen LogP contribution in [-0.4, -0.2) is 62.9 Å². The summed E-state index contributed by atoms with van der Waals surface area (Å²) in [6.07, 6.45) is -0.0549. The molecule has 0 saturated carbocycles. The Hall–Kier alpha value is -2.65. The van der Waals surface area contributed by atoms with Crippen LogP contribution < -0.4 is 5.32 Å². The van der Waals surface area contributed by atoms with E-state index < -0.39 is 11.9 Å². The number of nitrogens with zero attached hydrogens (tertiary/aromatic N) is 4. The van der Waals surface area contributed by atoms with E-state index in [9.17, 15) is 19.1 Å². The highest BCUT2D eigenvalue weighted by molar-refractivity contribution is 6.31. The summed E-state index contributed by atoms with van der Waals surface area (Å²) in [7, 11) is 1.71. The summed E-state index contributed by atoms with van der Waals surface area (Å²) in [5.74, 6) is -0.846. The minimum Gasteiger partial charge on any atom is -0.393 e. The van der Waals surface area contributed by atoms with Gasteiger partial charge in [-0.2, -0.15) is 5.10 Å². The SMILES string of the molecule is CC(O)C1CN(C)C(=O)c2c3c(nn2C1)CCN(C(=O)Nc1ccc(F)c(Cl)c1)C3. The van der Waals surface area contributed by atoms with E-state index in [1.165, 1.54) is 18.2 Å². The van der Waals surface area contributed by atoms with E-state index >= 15 is 0 Å². The van der Waals surface area contributed by atoms with Crippen molar-refractivity contribution in [2.45, 2.75) is 32.5 Å². The quantitative estimate of drug-likeness (QED) is 0.757. The number of hydrogen-bond donors (Lipinski definition) is 2. The maximum Gasteiger partial charge on any atom is 0.322 e. The molecule has 2 N–H and O–H groups in total. The molecule has 0 saturated heterocycles. The van der Waals surface area contributed by atoms with Gasteiger partial charge in [0.25, 0.3) is 5.91 Å². The Morgan fingerprint density at radius 3 is 2.87 bits per heavy atom. The van der Waals surface area contributed by atoms with Gasteiger partial charge in [-0.25, -0.2) is 9.18 Å². The maximum atomic E-state index is 13.3. The summed E-state index contributed by atoms with van der Waals surface area (Å²) < 4.78 is 15.0. The fourth-order valence-corrected chi connectivity index (χ4v) is 4.13. The average Bonchev–Trinajstić information content (AvgIpc) is 3.00. The summed E-state index contributed by atoms with van der Waals surface area (Å²) in [5.41, 5.74) is 2.39. The maximum absolute atomic E-state index is 13.3. The van der Waals surface area contributed by atoms with Gasteiger partial charge in [0.1, 0.15) is 11.5 Å². The van der Waals surface area contributed by atoms with Gasteiger partial charge in [0.2, 0.25) is 0 Å². The minimum atomic E-state index is -0.572. The summed E-state index contributed by atoms with van der Waals surface area (Å²) >= 11 is 5.78. The molecule has 3 heterocycles. The first kappa shape index (κ1) is 20.6. The lowest BCUT2D eigenvalue weighted by atomic mass is 10.0. The lowest BCUT2D eigenvalue weighted by Crippen LogP contribution is -2.40. The van der Waals surface area contributed by atoms with Crippen molar-refractivity contribution in [2.24, 2.45) is 5.92 Å². The number of halogens is 2. The van der Waals surface area contributed by atoms with Crippen LogP contribution in [0.3, 0.4) is 0 Å². The smallest absolute Gasteiger partial charge is 0.322 e. The molecule has 1 aromatic heterocycles. The van der Waals surface area contributed by atoms with Gasteiger partial charge in [0.05, 0.1) is 23.4 Å². The lowest BCUT2D eigenvalue weighted by molar-refractivity contribution is 0.0687. The predicted octanol–water partition coefficient (Wildman–Crippen LogP) is 2.35. The molecule has 1 aromatic carbocycles. The Morgan fingerprint density at radius 1 is 1.40 bits per heavy atom. The number of nitrogens with one attached hydrogen (secondary N) is 1. The molecule has 10 heteroatoms. The molecule has 2 aliphatic rings. The van der Waals surface area contributed by atoms with Gasteiger partial charge >= 0.3 is 6.03 Å². The van der Waals surface area contributed by atoms with Crippen molar-refractivity contribution < 1.29 is 19.1 Å². The summed E-state index contributed by atoms with van der Waals surface area (Å²) in [4.78, 5) is 28.9. The van der Waals surface area contributed by atoms with Crippen molar-refractivity contribution in [3.05, 3.63) is 46.0 Å². The Bertz CT molecular complexity index is 1010. The molecule has 160 valence electrons. The predicted molar refractivity (Wildman–Crippen MR) is 109 cm³/mol. The zero-order valence-corrected chi connectivity index (χ0v) is 17.5. The number of anilines is 1. The molecule has 8 nitrogen and oxygen atoms in total. The van der Waals surface area contributed by atoms with E-state index in [0.717, 1.165) is 11.3 Å². The van der Waals surface area contributed by atoms with Crippen LogP contribution in [0.5, 0.6) is 0 Å². The van der Waals surface area contributed by atoms with Crippen LogP contribution in [0.15, 0.2) is 18.2 Å². The molecule has 0 fully saturated rings. The van der Waals surface area contributed by atoms with E-state index in [-0.39, 0.29) is 29.4 Å². The second kappa shape index (κ2) is 7.88. The molecule has 3 amide bonds. The Balaban J connectivity index is 1.57. The fourth-order valence-electron chi connectivity index (χ4n) is 3.95. The van der Waals surface area contributed by atoms with Crippen molar-refractivity contribution in [1.29, 1.82) is 0 Å². The third-order valence-corrected chi connectivity index (χ3v) is 6.00. The number of benzene rings is 1. The fraction of sp³-hybridized carbons (Fsp3) is 0.450. The largest absolute Gasteiger partial charge is 0.393 e. The topological polar surface area (TPSA) is 90.7 Å². The van der Waals surface area contributed by atoms with Crippen LogP contribution >= 0.6 is 11.6 Å². The molecule has 2 atom stereocenters. The van der Waals surface area contributed by atoms with Gasteiger partial charge in [-0.1, -0.05) is 11.6 Å². The van der Waals surface area contributed by atoms with Crippen molar-refractivity contribution in [1.82, 2.24) is 19.6 Å². The molecular weight excluding hydrogens is 413 g/mol. The Morgan fingerprint density at radius 2 is 2.17 bits per heavy atom. The average molecular weight is 436 g/mol. The second-order valence-electron chi connectivity index (χ2n) is 7.87. The molecule has 0 radical (unpaired) electrons. The van der Waals surface area contributed by atoms with Gasteiger partial charge in [-0.3, -0.25) is 9.48 Å². The van der Waals surface area contributed by atoms with Crippen molar-refractivity contribution in [2.75, 3.05) is 25.5 Å². The van der Waals surface area contributed by atoms with Crippen LogP contribution in [-0.2, 0) is 19.5 Å². The van der Waals surface area contributed by atoms with E-state index in [1.54, 1.807) is 28.5 Å². The Labute approximate surface area is 178 Å². The van der Waals surface area contributed by atoms with Crippen molar-refractivity contribution >= 4 is 29.2 Å². The summed E-state index contributed by atoms with van der Waals surface area (Å²) in [5, 5.41) is 17.3. The van der Waals surface area contributed by atoms with Crippen molar-refractivity contribution in [3.8, 4) is 0 Å². The molecule has 30 heavy (non-hydrogen) atoms. The van der Waals surface area contributed by atoms with Gasteiger partial charge in [-0.05, 0) is 25.1 Å². The van der Waals surface area contributed by atoms with Crippen LogP contribution in [0.4, 0.5) is 14.9 Å². The standard InChI is InChI=1S/C20H23ClFN5O3/c1-11(28)12-8-25(2)19(29)18-14-10-26(6-5-17(14)24-27(18)9-12)20(30)23-13-3-4-16(22)15(21)7-13/h3-4,7,11-12,28H,5-6,8-10H2,1-2H3,(H,23,30). The third kappa shape index (κ3) is 3.75. The van der Waals surface area contributed by atoms with E-state index in [2.05, 4.69) is 10.4 Å². The van der Waals surface area contributed by atoms with E-state index in [0.29, 0.717) is 37.4 Å². The molecule has 2 aromatic rings. The van der Waals surface area contributed by atoms with Gasteiger partial charge in [0, 0.05) is 50.3 Å². The highest BCUT2D eigenvalue weighted by Crippen LogP contribution is 2.28. The number of hydrogen-bond acceptors (Lipinski definition) is 4. The molecule has 2 aliphatic heterocycles. The minimum absolute atomic E-state index is 0.0722. The number of aliphatic hydroxyl groups excluding tert-OH is 1. The monoisotopic (exact) mass is 435 g/mol. The molecule has 0 spiro atoms. The first-order valence-corrected chi connectivity index (χ1v) is 10.2. The number of aromatic nitrogens is 2. The highest BCUT2D eigenvalue weighted by atomic mass is 35.5. The zero-order valence-electron chi connectivity index (χ0n) is 16.7. The van der Waals surface area contributed by atoms with Crippen LogP contribution in [0.1, 0.15) is 28.7 Å². The van der Waals surface area contributed by atoms with Crippen LogP contribution in [0.25, 0.3) is 0 Å². The van der Waals surface area contributed by atoms with Crippen LogP contribution in [0, 0.1) is 11.7 Å². The molecular formula is C20H23ClFN5O3. The first-order chi connectivity index (χ1) is 14.2. The number of rotatable bonds is 2. The van der Waals surface area contributed by atoms with Gasteiger partial charge in [0.15, 0.2) is 0 Å². The van der Waals surface area contributed by atoms with E-state index in [4.69, 9.17) is 11.6 Å². The number of aliphatic hydroxyl groups is 1. The van der Waals surface area contributed by atoms with Crippen LogP contribution in [0.2, 0.25) is 5.02 Å². The summed E-state index contributed by atoms with van der Waals surface area (Å²) in [6, 6.07) is 3.62. The van der Waals surface area contributed by atoms with E-state index in [1.807, 2.05) is 0 Å². The van der Waals surface area contributed by atoms with Gasteiger partial charge in [-0.15, -0.1) is 0 Å². The Kier molecular flexibility index (Phi) is 5.42. The number of carbonyl (C=O) groups is 2. The second-order valence-corrected chi connectivity index (χ2v) is 8.28. The normalized spacial score (nSPS) is 19.8. The lowest BCUT2D eigenvalue weighted by Gasteiger charge is -2.27. The first-order valence-electron chi connectivity index (χ1n) is 9.77. The molecule has 2 unspecified atom stereocenters. The van der Waals surface area contributed by atoms with Gasteiger partial charge < -0.3 is 20.2 Å². The number of carbonyl (C=O) groups excluding carboxylic acids is 2. The third-order valence-electron chi connectivity index (χ3n) is 5.71. The number of fused-ring (bicyclic) bond motifs is 3. The molecule has 0 bridgehead atoms. The highest BCUT2D eigenvalue weighted by Gasteiger charge is 2.35. The number of urea groups is 1. The van der Waals surface area contributed by atoms with Crippen molar-refractivity contribution in [3.63, 3.8) is 0 Å². The molecule has 0 aliphatic carbocycles.